The van der Waals surface area contributed by atoms with Gasteiger partial charge in [-0.05, 0) is 18.6 Å². The van der Waals surface area contributed by atoms with Crippen LogP contribution < -0.4 is 4.74 Å². The third-order valence-electron chi connectivity index (χ3n) is 2.82. The van der Waals surface area contributed by atoms with E-state index in [9.17, 15) is 0 Å². The number of aryl methyl sites for hydroxylation is 1. The van der Waals surface area contributed by atoms with Gasteiger partial charge in [0, 0.05) is 13.5 Å². The van der Waals surface area contributed by atoms with Crippen molar-refractivity contribution >= 4 is 11.6 Å². The summed E-state index contributed by atoms with van der Waals surface area (Å²) in [6.07, 6.45) is 0.971. The molecule has 3 unspecified atom stereocenters. The maximum absolute atomic E-state index is 6.01. The molecule has 0 aliphatic heterocycles. The summed E-state index contributed by atoms with van der Waals surface area (Å²) in [5, 5.41) is 0.0871. The van der Waals surface area contributed by atoms with Gasteiger partial charge in [0.1, 0.15) is 18.0 Å². The number of halogens is 1. The van der Waals surface area contributed by atoms with Gasteiger partial charge in [0.05, 0.1) is 5.38 Å². The van der Waals surface area contributed by atoms with Crippen molar-refractivity contribution in [3.05, 3.63) is 29.8 Å². The summed E-state index contributed by atoms with van der Waals surface area (Å²) in [5.74, 6) is 0.924. The molecule has 1 fully saturated rings. The molecule has 3 heteroatoms. The molecule has 0 amide bonds. The largest absolute Gasteiger partial charge is 0.487 e. The average molecular weight is 227 g/mol. The highest BCUT2D eigenvalue weighted by molar-refractivity contribution is 6.21. The predicted octanol–water partition coefficient (Wildman–Crippen LogP) is 2.77. The number of para-hydroxylation sites is 1. The maximum atomic E-state index is 6.01. The topological polar surface area (TPSA) is 18.5 Å². The molecule has 1 saturated carbocycles. The third-order valence-corrected chi connectivity index (χ3v) is 3.25. The van der Waals surface area contributed by atoms with Crippen LogP contribution in [0.4, 0.5) is 0 Å². The van der Waals surface area contributed by atoms with Crippen molar-refractivity contribution in [2.75, 3.05) is 7.11 Å². The molecule has 1 aliphatic carbocycles. The van der Waals surface area contributed by atoms with Crippen molar-refractivity contribution in [2.24, 2.45) is 0 Å². The van der Waals surface area contributed by atoms with Crippen molar-refractivity contribution in [2.45, 2.75) is 30.9 Å². The molecule has 1 aromatic carbocycles. The molecule has 82 valence electrons. The summed E-state index contributed by atoms with van der Waals surface area (Å²) in [6.45, 7) is 2.04. The molecule has 0 N–H and O–H groups in total. The van der Waals surface area contributed by atoms with Gasteiger partial charge < -0.3 is 9.47 Å². The Balaban J connectivity index is 2.01. The van der Waals surface area contributed by atoms with Gasteiger partial charge in [-0.3, -0.25) is 0 Å². The van der Waals surface area contributed by atoms with E-state index in [2.05, 4.69) is 0 Å². The minimum Gasteiger partial charge on any atom is -0.487 e. The summed E-state index contributed by atoms with van der Waals surface area (Å²) >= 11 is 6.01. The number of benzene rings is 1. The number of rotatable bonds is 3. The number of methoxy groups -OCH3 is 1. The Morgan fingerprint density at radius 3 is 2.67 bits per heavy atom. The first-order chi connectivity index (χ1) is 7.22. The Bertz CT molecular complexity index is 340. The van der Waals surface area contributed by atoms with Crippen LogP contribution >= 0.6 is 11.6 Å². The van der Waals surface area contributed by atoms with Gasteiger partial charge in [0.2, 0.25) is 0 Å². The first kappa shape index (κ1) is 10.8. The summed E-state index contributed by atoms with van der Waals surface area (Å²) in [6, 6.07) is 7.99. The van der Waals surface area contributed by atoms with E-state index in [-0.39, 0.29) is 17.6 Å². The highest BCUT2D eigenvalue weighted by atomic mass is 35.5. The molecule has 0 heterocycles. The SMILES string of the molecule is COC1C(Cl)CC1Oc1ccccc1C. The van der Waals surface area contributed by atoms with Gasteiger partial charge >= 0.3 is 0 Å². The molecule has 3 atom stereocenters. The Kier molecular flexibility index (Phi) is 3.17. The van der Waals surface area contributed by atoms with Crippen LogP contribution in [-0.2, 0) is 4.74 Å². The van der Waals surface area contributed by atoms with Gasteiger partial charge in [-0.2, -0.15) is 0 Å². The zero-order valence-corrected chi connectivity index (χ0v) is 9.70. The van der Waals surface area contributed by atoms with Crippen molar-refractivity contribution < 1.29 is 9.47 Å². The van der Waals surface area contributed by atoms with E-state index in [1.807, 2.05) is 31.2 Å². The molecule has 2 nitrogen and oxygen atoms in total. The number of alkyl halides is 1. The summed E-state index contributed by atoms with van der Waals surface area (Å²) in [7, 11) is 1.67. The molecule has 0 spiro atoms. The lowest BCUT2D eigenvalue weighted by atomic mass is 9.91. The maximum Gasteiger partial charge on any atom is 0.128 e. The molecular weight excluding hydrogens is 212 g/mol. The van der Waals surface area contributed by atoms with Crippen LogP contribution in [0.15, 0.2) is 24.3 Å². The Labute approximate surface area is 95.1 Å². The first-order valence-electron chi connectivity index (χ1n) is 5.11. The van der Waals surface area contributed by atoms with E-state index < -0.39 is 0 Å². The average Bonchev–Trinajstić information content (AvgIpc) is 2.20. The predicted molar refractivity (Wildman–Crippen MR) is 60.7 cm³/mol. The van der Waals surface area contributed by atoms with Gasteiger partial charge in [-0.15, -0.1) is 11.6 Å². The van der Waals surface area contributed by atoms with Crippen molar-refractivity contribution in [3.8, 4) is 5.75 Å². The monoisotopic (exact) mass is 226 g/mol. The number of hydrogen-bond donors (Lipinski definition) is 0. The fourth-order valence-corrected chi connectivity index (χ4v) is 2.23. The molecule has 0 saturated heterocycles. The Morgan fingerprint density at radius 1 is 1.33 bits per heavy atom. The van der Waals surface area contributed by atoms with Gasteiger partial charge in [-0.1, -0.05) is 18.2 Å². The van der Waals surface area contributed by atoms with Crippen LogP contribution in [0.1, 0.15) is 12.0 Å². The molecule has 0 aromatic heterocycles. The van der Waals surface area contributed by atoms with E-state index in [0.717, 1.165) is 17.7 Å². The smallest absolute Gasteiger partial charge is 0.128 e. The van der Waals surface area contributed by atoms with Gasteiger partial charge in [0.15, 0.2) is 0 Å². The normalized spacial score (nSPS) is 29.7. The molecule has 0 radical (unpaired) electrons. The molecule has 2 rings (SSSR count). The second-order valence-corrected chi connectivity index (χ2v) is 4.43. The first-order valence-corrected chi connectivity index (χ1v) is 5.55. The third kappa shape index (κ3) is 2.11. The van der Waals surface area contributed by atoms with Crippen LogP contribution in [0.25, 0.3) is 0 Å². The highest BCUT2D eigenvalue weighted by Crippen LogP contribution is 2.33. The minimum absolute atomic E-state index is 0.0197. The zero-order valence-electron chi connectivity index (χ0n) is 8.94. The molecule has 15 heavy (non-hydrogen) atoms. The fourth-order valence-electron chi connectivity index (χ4n) is 1.79. The highest BCUT2D eigenvalue weighted by Gasteiger charge is 2.42. The second kappa shape index (κ2) is 4.42. The fraction of sp³-hybridized carbons (Fsp3) is 0.500. The van der Waals surface area contributed by atoms with Crippen LogP contribution in [-0.4, -0.2) is 24.7 Å². The molecular formula is C12H15ClO2. The Hall–Kier alpha value is -0.730. The summed E-state index contributed by atoms with van der Waals surface area (Å²) in [5.41, 5.74) is 1.14. The lowest BCUT2D eigenvalue weighted by Crippen LogP contribution is -2.52. The van der Waals surface area contributed by atoms with Crippen molar-refractivity contribution in [1.82, 2.24) is 0 Å². The standard InChI is InChI=1S/C12H15ClO2/c1-8-5-3-4-6-10(8)15-11-7-9(13)12(11)14-2/h3-6,9,11-12H,7H2,1-2H3. The molecule has 0 bridgehead atoms. The van der Waals surface area contributed by atoms with Crippen molar-refractivity contribution in [3.63, 3.8) is 0 Å². The van der Waals surface area contributed by atoms with E-state index in [0.29, 0.717) is 0 Å². The van der Waals surface area contributed by atoms with Crippen molar-refractivity contribution in [1.29, 1.82) is 0 Å². The van der Waals surface area contributed by atoms with E-state index in [1.54, 1.807) is 7.11 Å². The van der Waals surface area contributed by atoms with Crippen LogP contribution in [0, 0.1) is 6.92 Å². The van der Waals surface area contributed by atoms with Gasteiger partial charge in [0.25, 0.3) is 0 Å². The molecule has 1 aromatic rings. The lowest BCUT2D eigenvalue weighted by Gasteiger charge is -2.39. The van der Waals surface area contributed by atoms with Crippen LogP contribution in [0.2, 0.25) is 0 Å². The Morgan fingerprint density at radius 2 is 2.07 bits per heavy atom. The second-order valence-electron chi connectivity index (χ2n) is 3.87. The number of ether oxygens (including phenoxy) is 2. The number of hydrogen-bond acceptors (Lipinski definition) is 2. The van der Waals surface area contributed by atoms with Crippen LogP contribution in [0.3, 0.4) is 0 Å². The van der Waals surface area contributed by atoms with E-state index >= 15 is 0 Å². The lowest BCUT2D eigenvalue weighted by molar-refractivity contribution is -0.0586. The zero-order chi connectivity index (χ0) is 10.8. The summed E-state index contributed by atoms with van der Waals surface area (Å²) in [4.78, 5) is 0. The summed E-state index contributed by atoms with van der Waals surface area (Å²) < 4.78 is 11.1. The van der Waals surface area contributed by atoms with E-state index in [4.69, 9.17) is 21.1 Å². The molecule has 1 aliphatic rings. The van der Waals surface area contributed by atoms with Gasteiger partial charge in [-0.25, -0.2) is 0 Å². The van der Waals surface area contributed by atoms with Crippen LogP contribution in [0.5, 0.6) is 5.75 Å². The quantitative estimate of drug-likeness (QED) is 0.738. The van der Waals surface area contributed by atoms with E-state index in [1.165, 1.54) is 0 Å². The minimum atomic E-state index is 0.0197.